The summed E-state index contributed by atoms with van der Waals surface area (Å²) in [5.74, 6) is 0.571. The first-order valence-corrected chi connectivity index (χ1v) is 7.90. The van der Waals surface area contributed by atoms with Gasteiger partial charge in [-0.25, -0.2) is 4.99 Å². The molecular formula is C15H20ClN7. The maximum atomic E-state index is 6.11. The third-order valence-corrected chi connectivity index (χ3v) is 4.26. The van der Waals surface area contributed by atoms with Gasteiger partial charge in [0.05, 0.1) is 18.4 Å². The molecule has 2 N–H and O–H groups in total. The second-order valence-corrected chi connectivity index (χ2v) is 5.91. The molecule has 1 saturated heterocycles. The standard InChI is InChI=1S/C15H20ClN7/c1-21-14(11-19-20-21)10-18-15(17)23-8-6-22(7-9-23)13-4-2-12(16)3-5-13/h2-5,11H,6-10H2,1H3,(H2,17,18). The first kappa shape index (κ1) is 15.6. The van der Waals surface area contributed by atoms with E-state index in [4.69, 9.17) is 17.3 Å². The Kier molecular flexibility index (Phi) is 4.66. The lowest BCUT2D eigenvalue weighted by Gasteiger charge is -2.36. The van der Waals surface area contributed by atoms with Crippen molar-refractivity contribution in [3.63, 3.8) is 0 Å². The van der Waals surface area contributed by atoms with Crippen LogP contribution in [0.15, 0.2) is 35.5 Å². The fourth-order valence-corrected chi connectivity index (χ4v) is 2.69. The molecule has 1 aromatic heterocycles. The number of piperazine rings is 1. The van der Waals surface area contributed by atoms with Crippen LogP contribution in [0.4, 0.5) is 5.69 Å². The van der Waals surface area contributed by atoms with Crippen molar-refractivity contribution in [2.75, 3.05) is 31.1 Å². The molecule has 1 aliphatic rings. The van der Waals surface area contributed by atoms with Crippen molar-refractivity contribution in [2.24, 2.45) is 17.8 Å². The number of hydrogen-bond donors (Lipinski definition) is 1. The highest BCUT2D eigenvalue weighted by Gasteiger charge is 2.18. The van der Waals surface area contributed by atoms with Gasteiger partial charge in [0.15, 0.2) is 5.96 Å². The van der Waals surface area contributed by atoms with E-state index in [1.807, 2.05) is 31.3 Å². The number of aromatic nitrogens is 3. The molecule has 0 radical (unpaired) electrons. The Morgan fingerprint density at radius 1 is 1.22 bits per heavy atom. The molecule has 122 valence electrons. The van der Waals surface area contributed by atoms with E-state index in [0.29, 0.717) is 12.5 Å². The van der Waals surface area contributed by atoms with Gasteiger partial charge in [0.25, 0.3) is 0 Å². The van der Waals surface area contributed by atoms with Crippen molar-refractivity contribution in [2.45, 2.75) is 6.54 Å². The lowest BCUT2D eigenvalue weighted by atomic mass is 10.2. The van der Waals surface area contributed by atoms with Crippen LogP contribution in [0.5, 0.6) is 0 Å². The lowest BCUT2D eigenvalue weighted by Crippen LogP contribution is -2.51. The molecule has 0 bridgehead atoms. The summed E-state index contributed by atoms with van der Waals surface area (Å²) in [6, 6.07) is 7.93. The van der Waals surface area contributed by atoms with E-state index in [9.17, 15) is 0 Å². The van der Waals surface area contributed by atoms with Gasteiger partial charge in [-0.2, -0.15) is 0 Å². The topological polar surface area (TPSA) is 75.6 Å². The fourth-order valence-electron chi connectivity index (χ4n) is 2.56. The summed E-state index contributed by atoms with van der Waals surface area (Å²) in [7, 11) is 1.85. The van der Waals surface area contributed by atoms with Crippen molar-refractivity contribution in [3.8, 4) is 0 Å². The van der Waals surface area contributed by atoms with E-state index in [1.165, 1.54) is 5.69 Å². The van der Waals surface area contributed by atoms with Crippen LogP contribution in [0, 0.1) is 0 Å². The molecule has 3 rings (SSSR count). The quantitative estimate of drug-likeness (QED) is 0.672. The van der Waals surface area contributed by atoms with Gasteiger partial charge in [-0.05, 0) is 24.3 Å². The van der Waals surface area contributed by atoms with E-state index in [-0.39, 0.29) is 0 Å². The van der Waals surface area contributed by atoms with Crippen LogP contribution in [0.3, 0.4) is 0 Å². The molecule has 1 aromatic carbocycles. The molecule has 0 atom stereocenters. The molecular weight excluding hydrogens is 314 g/mol. The van der Waals surface area contributed by atoms with Crippen molar-refractivity contribution in [3.05, 3.63) is 41.2 Å². The predicted molar refractivity (Wildman–Crippen MR) is 91.6 cm³/mol. The zero-order valence-electron chi connectivity index (χ0n) is 13.1. The number of hydrogen-bond acceptors (Lipinski definition) is 4. The van der Waals surface area contributed by atoms with Crippen molar-refractivity contribution in [1.82, 2.24) is 19.9 Å². The van der Waals surface area contributed by atoms with E-state index in [1.54, 1.807) is 10.9 Å². The molecule has 1 fully saturated rings. The number of anilines is 1. The second kappa shape index (κ2) is 6.87. The molecule has 0 unspecified atom stereocenters. The summed E-state index contributed by atoms with van der Waals surface area (Å²) < 4.78 is 1.70. The van der Waals surface area contributed by atoms with Crippen LogP contribution in [-0.4, -0.2) is 52.0 Å². The average Bonchev–Trinajstić information content (AvgIpc) is 2.99. The van der Waals surface area contributed by atoms with Gasteiger partial charge in [0, 0.05) is 43.9 Å². The minimum absolute atomic E-state index is 0.493. The Morgan fingerprint density at radius 2 is 1.91 bits per heavy atom. The minimum atomic E-state index is 0.493. The van der Waals surface area contributed by atoms with Gasteiger partial charge in [0.1, 0.15) is 0 Å². The lowest BCUT2D eigenvalue weighted by molar-refractivity contribution is 0.380. The van der Waals surface area contributed by atoms with Crippen LogP contribution in [0.25, 0.3) is 0 Å². The van der Waals surface area contributed by atoms with Crippen LogP contribution in [-0.2, 0) is 13.6 Å². The van der Waals surface area contributed by atoms with Crippen LogP contribution in [0.1, 0.15) is 5.69 Å². The van der Waals surface area contributed by atoms with E-state index >= 15 is 0 Å². The summed E-state index contributed by atoms with van der Waals surface area (Å²) in [4.78, 5) is 8.88. The molecule has 23 heavy (non-hydrogen) atoms. The van der Waals surface area contributed by atoms with Gasteiger partial charge < -0.3 is 15.5 Å². The van der Waals surface area contributed by atoms with Gasteiger partial charge in [-0.3, -0.25) is 4.68 Å². The van der Waals surface area contributed by atoms with E-state index in [0.717, 1.165) is 36.9 Å². The van der Waals surface area contributed by atoms with Gasteiger partial charge >= 0.3 is 0 Å². The minimum Gasteiger partial charge on any atom is -0.370 e. The molecule has 8 heteroatoms. The van der Waals surface area contributed by atoms with Crippen molar-refractivity contribution in [1.29, 1.82) is 0 Å². The maximum Gasteiger partial charge on any atom is 0.191 e. The second-order valence-electron chi connectivity index (χ2n) is 5.47. The number of aryl methyl sites for hydroxylation is 1. The van der Waals surface area contributed by atoms with E-state index < -0.39 is 0 Å². The maximum absolute atomic E-state index is 6.11. The third-order valence-electron chi connectivity index (χ3n) is 4.01. The molecule has 2 aromatic rings. The molecule has 2 heterocycles. The number of aliphatic imine (C=N–C) groups is 1. The summed E-state index contributed by atoms with van der Waals surface area (Å²) in [6.07, 6.45) is 1.70. The number of rotatable bonds is 3. The van der Waals surface area contributed by atoms with Crippen LogP contribution < -0.4 is 10.6 Å². The predicted octanol–water partition coefficient (Wildman–Crippen LogP) is 1.11. The molecule has 1 aliphatic heterocycles. The largest absolute Gasteiger partial charge is 0.370 e. The van der Waals surface area contributed by atoms with Crippen molar-refractivity contribution >= 4 is 23.2 Å². The molecule has 0 spiro atoms. The summed E-state index contributed by atoms with van der Waals surface area (Å²) >= 11 is 5.93. The van der Waals surface area contributed by atoms with Crippen molar-refractivity contribution < 1.29 is 0 Å². The fraction of sp³-hybridized carbons (Fsp3) is 0.400. The summed E-state index contributed by atoms with van der Waals surface area (Å²) in [5, 5.41) is 8.48. The van der Waals surface area contributed by atoms with Gasteiger partial charge in [-0.1, -0.05) is 16.8 Å². The number of benzene rings is 1. The van der Waals surface area contributed by atoms with Gasteiger partial charge in [0.2, 0.25) is 0 Å². The Bertz CT molecular complexity index is 671. The molecule has 0 saturated carbocycles. The average molecular weight is 334 g/mol. The number of nitrogens with two attached hydrogens (primary N) is 1. The normalized spacial score (nSPS) is 16.0. The van der Waals surface area contributed by atoms with E-state index in [2.05, 4.69) is 25.1 Å². The highest BCUT2D eigenvalue weighted by Crippen LogP contribution is 2.19. The number of guanidine groups is 1. The number of nitrogens with zero attached hydrogens (tertiary/aromatic N) is 6. The number of halogens is 1. The Labute approximate surface area is 140 Å². The van der Waals surface area contributed by atoms with Crippen LogP contribution >= 0.6 is 11.6 Å². The SMILES string of the molecule is Cn1nncc1CN=C(N)N1CCN(c2ccc(Cl)cc2)CC1. The molecule has 0 aliphatic carbocycles. The Balaban J connectivity index is 1.55. The highest BCUT2D eigenvalue weighted by molar-refractivity contribution is 6.30. The zero-order valence-corrected chi connectivity index (χ0v) is 13.8. The van der Waals surface area contributed by atoms with Gasteiger partial charge in [-0.15, -0.1) is 5.10 Å². The Morgan fingerprint density at radius 3 is 2.52 bits per heavy atom. The first-order valence-electron chi connectivity index (χ1n) is 7.52. The summed E-state index contributed by atoms with van der Waals surface area (Å²) in [6.45, 7) is 4.01. The first-order chi connectivity index (χ1) is 11.1. The smallest absolute Gasteiger partial charge is 0.191 e. The Hall–Kier alpha value is -2.28. The monoisotopic (exact) mass is 333 g/mol. The highest BCUT2D eigenvalue weighted by atomic mass is 35.5. The summed E-state index contributed by atoms with van der Waals surface area (Å²) in [5.41, 5.74) is 8.23. The van der Waals surface area contributed by atoms with Crippen LogP contribution in [0.2, 0.25) is 5.02 Å². The third kappa shape index (κ3) is 3.73. The molecule has 7 nitrogen and oxygen atoms in total. The zero-order chi connectivity index (χ0) is 16.2. The molecule has 0 amide bonds.